The Labute approximate surface area is 195 Å². The van der Waals surface area contributed by atoms with Gasteiger partial charge in [0.05, 0.1) is 18.7 Å². The van der Waals surface area contributed by atoms with E-state index >= 15 is 0 Å². The van der Waals surface area contributed by atoms with Gasteiger partial charge in [-0.05, 0) is 68.8 Å². The van der Waals surface area contributed by atoms with Crippen LogP contribution in [0.3, 0.4) is 0 Å². The van der Waals surface area contributed by atoms with Crippen molar-refractivity contribution in [2.75, 3.05) is 6.61 Å². The summed E-state index contributed by atoms with van der Waals surface area (Å²) in [6.45, 7) is 5.10. The predicted octanol–water partition coefficient (Wildman–Crippen LogP) is 7.75. The molecular formula is C28H45NO3. The normalized spacial score (nSPS) is 25.9. The summed E-state index contributed by atoms with van der Waals surface area (Å²) >= 11 is 0. The fraction of sp³-hybridized carbons (Fsp3) is 0.786. The molecule has 0 unspecified atom stereocenters. The average molecular weight is 444 g/mol. The van der Waals surface area contributed by atoms with Crippen LogP contribution in [0.4, 0.5) is 0 Å². The highest BCUT2D eigenvalue weighted by molar-refractivity contribution is 5.75. The van der Waals surface area contributed by atoms with Gasteiger partial charge in [0.1, 0.15) is 5.75 Å². The molecule has 2 saturated carbocycles. The number of esters is 1. The van der Waals surface area contributed by atoms with E-state index in [2.05, 4.69) is 18.8 Å². The molecular weight excluding hydrogens is 398 g/mol. The number of hydrogen-bond donors (Lipinski definition) is 0. The Bertz CT molecular complexity index is 643. The summed E-state index contributed by atoms with van der Waals surface area (Å²) in [7, 11) is 0. The fourth-order valence-electron chi connectivity index (χ4n) is 5.67. The standard InChI is InChI=1S/C28H45NO3/c1-3-5-7-8-9-22-10-12-23(13-11-22)24-14-16-25(17-15-24)28(30)32-26-18-19-27(29-21-26)31-20-6-4-2/h18-19,21-25H,3-17,20H2,1-2H3. The zero-order valence-electron chi connectivity index (χ0n) is 20.5. The number of unbranched alkanes of at least 4 members (excludes halogenated alkanes) is 4. The van der Waals surface area contributed by atoms with Gasteiger partial charge in [-0.25, -0.2) is 4.98 Å². The van der Waals surface area contributed by atoms with Gasteiger partial charge < -0.3 is 9.47 Å². The van der Waals surface area contributed by atoms with E-state index in [4.69, 9.17) is 9.47 Å². The van der Waals surface area contributed by atoms with Crippen molar-refractivity contribution in [3.05, 3.63) is 18.3 Å². The molecule has 180 valence electrons. The van der Waals surface area contributed by atoms with E-state index in [-0.39, 0.29) is 11.9 Å². The second-order valence-corrected chi connectivity index (χ2v) is 10.2. The van der Waals surface area contributed by atoms with Crippen molar-refractivity contribution >= 4 is 5.97 Å². The van der Waals surface area contributed by atoms with Crippen LogP contribution in [0.1, 0.15) is 110 Å². The number of aromatic nitrogens is 1. The SMILES string of the molecule is CCCCCCC1CCC(C2CCC(C(=O)Oc3ccc(OCCCC)nc3)CC2)CC1. The van der Waals surface area contributed by atoms with Crippen molar-refractivity contribution in [3.8, 4) is 11.6 Å². The molecule has 0 atom stereocenters. The Balaban J connectivity index is 1.33. The van der Waals surface area contributed by atoms with Crippen LogP contribution >= 0.6 is 0 Å². The first-order valence-corrected chi connectivity index (χ1v) is 13.5. The lowest BCUT2D eigenvalue weighted by molar-refractivity contribution is -0.140. The van der Waals surface area contributed by atoms with Crippen LogP contribution in [-0.4, -0.2) is 17.6 Å². The number of rotatable bonds is 12. The van der Waals surface area contributed by atoms with Crippen LogP contribution in [-0.2, 0) is 4.79 Å². The van der Waals surface area contributed by atoms with Crippen LogP contribution in [0.25, 0.3) is 0 Å². The van der Waals surface area contributed by atoms with Gasteiger partial charge in [-0.2, -0.15) is 0 Å². The number of carbonyl (C=O) groups is 1. The number of pyridine rings is 1. The van der Waals surface area contributed by atoms with Crippen LogP contribution in [0, 0.1) is 23.7 Å². The summed E-state index contributed by atoms with van der Waals surface area (Å²) in [6, 6.07) is 3.58. The molecule has 0 N–H and O–H groups in total. The molecule has 1 aromatic heterocycles. The molecule has 0 amide bonds. The summed E-state index contributed by atoms with van der Waals surface area (Å²) in [5, 5.41) is 0. The van der Waals surface area contributed by atoms with Gasteiger partial charge in [0.2, 0.25) is 5.88 Å². The smallest absolute Gasteiger partial charge is 0.314 e. The van der Waals surface area contributed by atoms with Crippen LogP contribution in [0.2, 0.25) is 0 Å². The Morgan fingerprint density at radius 1 is 0.875 bits per heavy atom. The zero-order chi connectivity index (χ0) is 22.6. The summed E-state index contributed by atoms with van der Waals surface area (Å²) in [4.78, 5) is 16.9. The van der Waals surface area contributed by atoms with Crippen molar-refractivity contribution in [3.63, 3.8) is 0 Å². The molecule has 0 aliphatic heterocycles. The minimum Gasteiger partial charge on any atom is -0.478 e. The number of ether oxygens (including phenoxy) is 2. The van der Waals surface area contributed by atoms with Gasteiger partial charge in [0.25, 0.3) is 0 Å². The number of carbonyl (C=O) groups excluding carboxylic acids is 1. The van der Waals surface area contributed by atoms with Crippen molar-refractivity contribution in [2.45, 2.75) is 110 Å². The van der Waals surface area contributed by atoms with Gasteiger partial charge in [0, 0.05) is 6.07 Å². The highest BCUT2D eigenvalue weighted by Crippen LogP contribution is 2.42. The molecule has 2 fully saturated rings. The Morgan fingerprint density at radius 2 is 1.56 bits per heavy atom. The third kappa shape index (κ3) is 8.08. The van der Waals surface area contributed by atoms with E-state index in [9.17, 15) is 4.79 Å². The molecule has 0 bridgehead atoms. The lowest BCUT2D eigenvalue weighted by Gasteiger charge is -2.37. The second-order valence-electron chi connectivity index (χ2n) is 10.2. The van der Waals surface area contributed by atoms with E-state index in [1.807, 2.05) is 0 Å². The number of nitrogens with zero attached hydrogens (tertiary/aromatic N) is 1. The molecule has 2 aliphatic carbocycles. The molecule has 0 saturated heterocycles. The molecule has 32 heavy (non-hydrogen) atoms. The van der Waals surface area contributed by atoms with Crippen LogP contribution in [0.15, 0.2) is 18.3 Å². The maximum Gasteiger partial charge on any atom is 0.314 e. The molecule has 1 heterocycles. The highest BCUT2D eigenvalue weighted by Gasteiger charge is 2.33. The number of hydrogen-bond acceptors (Lipinski definition) is 4. The Hall–Kier alpha value is -1.58. The quantitative estimate of drug-likeness (QED) is 0.245. The van der Waals surface area contributed by atoms with E-state index in [0.29, 0.717) is 18.2 Å². The largest absolute Gasteiger partial charge is 0.478 e. The topological polar surface area (TPSA) is 48.4 Å². The minimum atomic E-state index is -0.0827. The zero-order valence-corrected chi connectivity index (χ0v) is 20.5. The summed E-state index contributed by atoms with van der Waals surface area (Å²) in [6.07, 6.45) is 20.8. The fourth-order valence-corrected chi connectivity index (χ4v) is 5.67. The predicted molar refractivity (Wildman–Crippen MR) is 130 cm³/mol. The van der Waals surface area contributed by atoms with Crippen molar-refractivity contribution in [1.82, 2.24) is 4.98 Å². The van der Waals surface area contributed by atoms with Gasteiger partial charge in [-0.15, -0.1) is 0 Å². The first kappa shape index (κ1) is 25.1. The summed E-state index contributed by atoms with van der Waals surface area (Å²) < 4.78 is 11.2. The van der Waals surface area contributed by atoms with Crippen molar-refractivity contribution in [1.29, 1.82) is 0 Å². The molecule has 1 aromatic rings. The van der Waals surface area contributed by atoms with Crippen molar-refractivity contribution < 1.29 is 14.3 Å². The first-order valence-electron chi connectivity index (χ1n) is 13.5. The van der Waals surface area contributed by atoms with Crippen molar-refractivity contribution in [2.24, 2.45) is 23.7 Å². The van der Waals surface area contributed by atoms with Gasteiger partial charge >= 0.3 is 5.97 Å². The molecule has 4 nitrogen and oxygen atoms in total. The van der Waals surface area contributed by atoms with Crippen LogP contribution < -0.4 is 9.47 Å². The third-order valence-electron chi connectivity index (χ3n) is 7.80. The second kappa shape index (κ2) is 13.9. The lowest BCUT2D eigenvalue weighted by Crippen LogP contribution is -2.30. The van der Waals surface area contributed by atoms with E-state index in [1.54, 1.807) is 18.3 Å². The average Bonchev–Trinajstić information content (AvgIpc) is 2.84. The molecule has 2 aliphatic rings. The minimum absolute atomic E-state index is 0.0432. The molecule has 0 aromatic carbocycles. The van der Waals surface area contributed by atoms with Gasteiger partial charge in [-0.3, -0.25) is 4.79 Å². The molecule has 0 radical (unpaired) electrons. The van der Waals surface area contributed by atoms with E-state index < -0.39 is 0 Å². The van der Waals surface area contributed by atoms with E-state index in [1.165, 1.54) is 70.6 Å². The van der Waals surface area contributed by atoms with Crippen LogP contribution in [0.5, 0.6) is 11.6 Å². The molecule has 3 rings (SSSR count). The lowest BCUT2D eigenvalue weighted by atomic mass is 9.68. The first-order chi connectivity index (χ1) is 15.7. The van der Waals surface area contributed by atoms with E-state index in [0.717, 1.165) is 43.4 Å². The summed E-state index contributed by atoms with van der Waals surface area (Å²) in [5.74, 6) is 3.77. The summed E-state index contributed by atoms with van der Waals surface area (Å²) in [5.41, 5.74) is 0. The molecule has 0 spiro atoms. The maximum atomic E-state index is 12.7. The highest BCUT2D eigenvalue weighted by atomic mass is 16.5. The maximum absolute atomic E-state index is 12.7. The Kier molecular flexibility index (Phi) is 10.8. The third-order valence-corrected chi connectivity index (χ3v) is 7.80. The Morgan fingerprint density at radius 3 is 2.19 bits per heavy atom. The molecule has 4 heteroatoms. The van der Waals surface area contributed by atoms with Gasteiger partial charge in [-0.1, -0.05) is 65.2 Å². The monoisotopic (exact) mass is 443 g/mol. The van der Waals surface area contributed by atoms with Gasteiger partial charge in [0.15, 0.2) is 0 Å².